The number of benzene rings is 2. The Labute approximate surface area is 171 Å². The van der Waals surface area contributed by atoms with Crippen molar-refractivity contribution in [1.29, 1.82) is 0 Å². The largest absolute Gasteiger partial charge is 0.355 e. The number of carbonyl (C=O) groups excluding carboxylic acids is 1. The molecule has 2 rings (SSSR count). The standard InChI is InChI=1S/C17H14Cl4N4O/c1-9(11-3-5-13(18)15(20)7-11)22-24-17(26)25-23-10(2)12-4-6-14(19)16(21)8-12/h3-8H,1-2H3,(H2,24,25,26)/b22-9+,23-10+. The van der Waals surface area contributed by atoms with Crippen molar-refractivity contribution in [1.82, 2.24) is 10.9 Å². The number of urea groups is 1. The number of hydrogen-bond donors (Lipinski definition) is 2. The number of hydrogen-bond acceptors (Lipinski definition) is 3. The third kappa shape index (κ3) is 5.61. The van der Waals surface area contributed by atoms with Gasteiger partial charge in [0.05, 0.1) is 31.5 Å². The number of rotatable bonds is 4. The molecule has 0 aromatic heterocycles. The fourth-order valence-corrected chi connectivity index (χ4v) is 2.46. The first-order valence-electron chi connectivity index (χ1n) is 7.33. The molecule has 2 amide bonds. The van der Waals surface area contributed by atoms with E-state index in [1.807, 2.05) is 0 Å². The van der Waals surface area contributed by atoms with Crippen LogP contribution in [0.3, 0.4) is 0 Å². The molecule has 2 N–H and O–H groups in total. The maximum Gasteiger partial charge on any atom is 0.355 e. The normalized spacial score (nSPS) is 12.1. The molecule has 0 fully saturated rings. The Bertz CT molecular complexity index is 825. The molecule has 0 aliphatic heterocycles. The molecule has 0 atom stereocenters. The third-order valence-electron chi connectivity index (χ3n) is 3.33. The van der Waals surface area contributed by atoms with Crippen LogP contribution in [-0.2, 0) is 0 Å². The van der Waals surface area contributed by atoms with E-state index in [4.69, 9.17) is 46.4 Å². The Balaban J connectivity index is 1.99. The van der Waals surface area contributed by atoms with Crippen LogP contribution in [-0.4, -0.2) is 17.5 Å². The summed E-state index contributed by atoms with van der Waals surface area (Å²) in [5.74, 6) is 0. The molecule has 0 spiro atoms. The van der Waals surface area contributed by atoms with Gasteiger partial charge in [0.15, 0.2) is 0 Å². The Morgan fingerprint density at radius 3 is 1.46 bits per heavy atom. The van der Waals surface area contributed by atoms with E-state index >= 15 is 0 Å². The molecular weight excluding hydrogens is 418 g/mol. The monoisotopic (exact) mass is 430 g/mol. The molecule has 0 aliphatic carbocycles. The summed E-state index contributed by atoms with van der Waals surface area (Å²) in [7, 11) is 0. The minimum atomic E-state index is -0.594. The molecule has 2 aromatic rings. The number of nitrogens with one attached hydrogen (secondary N) is 2. The average molecular weight is 432 g/mol. The van der Waals surface area contributed by atoms with Gasteiger partial charge in [-0.3, -0.25) is 0 Å². The van der Waals surface area contributed by atoms with Gasteiger partial charge in [-0.05, 0) is 49.2 Å². The Morgan fingerprint density at radius 1 is 0.731 bits per heavy atom. The van der Waals surface area contributed by atoms with Crippen LogP contribution >= 0.6 is 46.4 Å². The van der Waals surface area contributed by atoms with Crippen molar-refractivity contribution in [2.75, 3.05) is 0 Å². The molecule has 0 radical (unpaired) electrons. The van der Waals surface area contributed by atoms with E-state index in [1.54, 1.807) is 50.2 Å². The molecule has 2 aromatic carbocycles. The van der Waals surface area contributed by atoms with Gasteiger partial charge in [-0.15, -0.1) is 0 Å². The first-order valence-corrected chi connectivity index (χ1v) is 8.84. The number of hydrazone groups is 2. The fourth-order valence-electron chi connectivity index (χ4n) is 1.87. The van der Waals surface area contributed by atoms with E-state index in [9.17, 15) is 4.79 Å². The van der Waals surface area contributed by atoms with E-state index < -0.39 is 6.03 Å². The van der Waals surface area contributed by atoms with Crippen LogP contribution in [0.1, 0.15) is 25.0 Å². The predicted octanol–water partition coefficient (Wildman–Crippen LogP) is 5.75. The molecule has 0 heterocycles. The highest BCUT2D eigenvalue weighted by Gasteiger charge is 2.05. The molecule has 0 saturated carbocycles. The van der Waals surface area contributed by atoms with Crippen LogP contribution in [0.2, 0.25) is 20.1 Å². The highest BCUT2D eigenvalue weighted by atomic mass is 35.5. The number of halogens is 4. The molecule has 136 valence electrons. The van der Waals surface area contributed by atoms with Gasteiger partial charge >= 0.3 is 6.03 Å². The Hall–Kier alpha value is -1.79. The maximum atomic E-state index is 11.8. The quantitative estimate of drug-likeness (QED) is 0.469. The van der Waals surface area contributed by atoms with E-state index in [0.29, 0.717) is 31.5 Å². The van der Waals surface area contributed by atoms with E-state index in [-0.39, 0.29) is 0 Å². The van der Waals surface area contributed by atoms with Crippen molar-refractivity contribution in [2.24, 2.45) is 10.2 Å². The summed E-state index contributed by atoms with van der Waals surface area (Å²) in [4.78, 5) is 11.8. The minimum absolute atomic E-state index is 0.407. The molecule has 0 aliphatic rings. The molecule has 0 unspecified atom stereocenters. The Kier molecular flexibility index (Phi) is 7.29. The maximum absolute atomic E-state index is 11.8. The second kappa shape index (κ2) is 9.24. The van der Waals surface area contributed by atoms with E-state index in [0.717, 1.165) is 11.1 Å². The smallest absolute Gasteiger partial charge is 0.245 e. The average Bonchev–Trinajstić information content (AvgIpc) is 2.62. The Morgan fingerprint density at radius 2 is 1.12 bits per heavy atom. The second-order valence-corrected chi connectivity index (χ2v) is 6.83. The van der Waals surface area contributed by atoms with Crippen LogP contribution < -0.4 is 10.9 Å². The zero-order chi connectivity index (χ0) is 19.3. The zero-order valence-electron chi connectivity index (χ0n) is 13.8. The summed E-state index contributed by atoms with van der Waals surface area (Å²) < 4.78 is 0. The van der Waals surface area contributed by atoms with E-state index in [2.05, 4.69) is 21.1 Å². The van der Waals surface area contributed by atoms with Crippen molar-refractivity contribution in [3.05, 3.63) is 67.6 Å². The lowest BCUT2D eigenvalue weighted by Gasteiger charge is -2.05. The summed E-state index contributed by atoms with van der Waals surface area (Å²) in [5, 5.41) is 9.68. The lowest BCUT2D eigenvalue weighted by molar-refractivity contribution is 0.242. The molecule has 9 heteroatoms. The van der Waals surface area contributed by atoms with Gasteiger partial charge in [0.1, 0.15) is 0 Å². The SMILES string of the molecule is C/C(=N\NC(=O)N/N=C(\C)c1ccc(Cl)c(Cl)c1)c1ccc(Cl)c(Cl)c1. The van der Waals surface area contributed by atoms with Crippen LogP contribution in [0.4, 0.5) is 4.79 Å². The highest BCUT2D eigenvalue weighted by molar-refractivity contribution is 6.42. The van der Waals surface area contributed by atoms with E-state index in [1.165, 1.54) is 0 Å². The van der Waals surface area contributed by atoms with Crippen molar-refractivity contribution in [3.63, 3.8) is 0 Å². The van der Waals surface area contributed by atoms with Crippen molar-refractivity contribution < 1.29 is 4.79 Å². The summed E-state index contributed by atoms with van der Waals surface area (Å²) in [6.45, 7) is 3.45. The van der Waals surface area contributed by atoms with Crippen LogP contribution in [0.25, 0.3) is 0 Å². The lowest BCUT2D eigenvalue weighted by Crippen LogP contribution is -2.30. The van der Waals surface area contributed by atoms with Gasteiger partial charge in [-0.2, -0.15) is 10.2 Å². The van der Waals surface area contributed by atoms with Gasteiger partial charge in [0, 0.05) is 0 Å². The van der Waals surface area contributed by atoms with Gasteiger partial charge < -0.3 is 0 Å². The number of nitrogens with zero attached hydrogens (tertiary/aromatic N) is 2. The predicted molar refractivity (Wildman–Crippen MR) is 109 cm³/mol. The number of carbonyl (C=O) groups is 1. The summed E-state index contributed by atoms with van der Waals surface area (Å²) in [6.07, 6.45) is 0. The minimum Gasteiger partial charge on any atom is -0.245 e. The molecule has 0 saturated heterocycles. The highest BCUT2D eigenvalue weighted by Crippen LogP contribution is 2.23. The molecule has 5 nitrogen and oxygen atoms in total. The van der Waals surface area contributed by atoms with Crippen molar-refractivity contribution in [2.45, 2.75) is 13.8 Å². The van der Waals surface area contributed by atoms with Gasteiger partial charge in [-0.1, -0.05) is 58.5 Å². The summed E-state index contributed by atoms with van der Waals surface area (Å²) in [5.41, 5.74) is 7.28. The van der Waals surface area contributed by atoms with Crippen molar-refractivity contribution in [3.8, 4) is 0 Å². The van der Waals surface area contributed by atoms with Gasteiger partial charge in [0.2, 0.25) is 0 Å². The first-order chi connectivity index (χ1) is 12.3. The zero-order valence-corrected chi connectivity index (χ0v) is 16.8. The molecule has 26 heavy (non-hydrogen) atoms. The first kappa shape index (κ1) is 20.5. The van der Waals surface area contributed by atoms with Crippen LogP contribution in [0.5, 0.6) is 0 Å². The van der Waals surface area contributed by atoms with Gasteiger partial charge in [-0.25, -0.2) is 15.6 Å². The third-order valence-corrected chi connectivity index (χ3v) is 4.80. The summed E-state index contributed by atoms with van der Waals surface area (Å²) >= 11 is 23.7. The molecule has 0 bridgehead atoms. The molecular formula is C17H14Cl4N4O. The second-order valence-electron chi connectivity index (χ2n) is 5.20. The van der Waals surface area contributed by atoms with Crippen LogP contribution in [0.15, 0.2) is 46.6 Å². The van der Waals surface area contributed by atoms with Crippen molar-refractivity contribution >= 4 is 63.9 Å². The summed E-state index contributed by atoms with van der Waals surface area (Å²) in [6, 6.07) is 9.54. The topological polar surface area (TPSA) is 65.8 Å². The van der Waals surface area contributed by atoms with Gasteiger partial charge in [0.25, 0.3) is 0 Å². The number of amides is 2. The van der Waals surface area contributed by atoms with Crippen LogP contribution in [0, 0.1) is 0 Å². The fraction of sp³-hybridized carbons (Fsp3) is 0.118. The lowest BCUT2D eigenvalue weighted by atomic mass is 10.1.